The molecule has 0 unspecified atom stereocenters. The molecule has 0 aliphatic carbocycles. The van der Waals surface area contributed by atoms with E-state index in [0.717, 1.165) is 11.1 Å². The Kier molecular flexibility index (Phi) is 3.05. The predicted molar refractivity (Wildman–Crippen MR) is 64.6 cm³/mol. The molecular formula is C11H11N3OS. The van der Waals surface area contributed by atoms with Crippen LogP contribution in [0, 0.1) is 6.92 Å². The van der Waals surface area contributed by atoms with Gasteiger partial charge in [0.25, 0.3) is 0 Å². The van der Waals surface area contributed by atoms with E-state index < -0.39 is 0 Å². The molecule has 1 aromatic carbocycles. The van der Waals surface area contributed by atoms with Crippen LogP contribution < -0.4 is 5.69 Å². The summed E-state index contributed by atoms with van der Waals surface area (Å²) in [6, 6.07) is 7.82. The zero-order valence-corrected chi connectivity index (χ0v) is 9.84. The van der Waals surface area contributed by atoms with Crippen molar-refractivity contribution in [2.75, 3.05) is 6.26 Å². The first-order chi connectivity index (χ1) is 7.69. The molecule has 4 nitrogen and oxygen atoms in total. The maximum Gasteiger partial charge on any atom is 0.349 e. The topological polar surface area (TPSA) is 58.6 Å². The molecule has 1 aromatic heterocycles. The van der Waals surface area contributed by atoms with Gasteiger partial charge in [-0.05, 0) is 19.2 Å². The maximum absolute atomic E-state index is 11.3. The van der Waals surface area contributed by atoms with Crippen molar-refractivity contribution >= 4 is 11.8 Å². The number of thioether (sulfide) groups is 1. The van der Waals surface area contributed by atoms with E-state index >= 15 is 0 Å². The molecule has 1 heterocycles. The maximum atomic E-state index is 11.3. The van der Waals surface area contributed by atoms with Crippen LogP contribution >= 0.6 is 11.8 Å². The van der Waals surface area contributed by atoms with Gasteiger partial charge in [0.05, 0.1) is 0 Å². The van der Waals surface area contributed by atoms with E-state index in [4.69, 9.17) is 0 Å². The Morgan fingerprint density at radius 2 is 2.12 bits per heavy atom. The summed E-state index contributed by atoms with van der Waals surface area (Å²) in [4.78, 5) is 21.9. The fourth-order valence-electron chi connectivity index (χ4n) is 1.39. The third kappa shape index (κ3) is 2.30. The third-order valence-electron chi connectivity index (χ3n) is 2.10. The minimum absolute atomic E-state index is 0.365. The van der Waals surface area contributed by atoms with Crippen LogP contribution in [0.15, 0.2) is 34.2 Å². The average Bonchev–Trinajstić information content (AvgIpc) is 2.28. The number of aromatic nitrogens is 3. The lowest BCUT2D eigenvalue weighted by Gasteiger charge is -2.02. The zero-order valence-electron chi connectivity index (χ0n) is 9.02. The van der Waals surface area contributed by atoms with Crippen molar-refractivity contribution in [1.29, 1.82) is 0 Å². The smallest absolute Gasteiger partial charge is 0.290 e. The highest BCUT2D eigenvalue weighted by molar-refractivity contribution is 7.98. The van der Waals surface area contributed by atoms with Gasteiger partial charge >= 0.3 is 5.69 Å². The van der Waals surface area contributed by atoms with Gasteiger partial charge in [-0.25, -0.2) is 9.78 Å². The molecular weight excluding hydrogens is 222 g/mol. The first-order valence-corrected chi connectivity index (χ1v) is 6.01. The van der Waals surface area contributed by atoms with E-state index in [-0.39, 0.29) is 5.69 Å². The van der Waals surface area contributed by atoms with Crippen molar-refractivity contribution in [2.45, 2.75) is 12.1 Å². The van der Waals surface area contributed by atoms with Gasteiger partial charge in [0.1, 0.15) is 5.82 Å². The number of hydrogen-bond donors (Lipinski definition) is 1. The molecule has 0 aliphatic heterocycles. The minimum atomic E-state index is -0.365. The zero-order chi connectivity index (χ0) is 11.5. The minimum Gasteiger partial charge on any atom is -0.290 e. The number of H-pyrrole nitrogens is 1. The Labute approximate surface area is 97.2 Å². The SMILES string of the molecule is CSc1nc(-c2cccc(C)c2)[nH]c(=O)n1. The molecule has 0 radical (unpaired) electrons. The van der Waals surface area contributed by atoms with Crippen molar-refractivity contribution < 1.29 is 0 Å². The lowest BCUT2D eigenvalue weighted by atomic mass is 10.1. The molecule has 82 valence electrons. The first-order valence-electron chi connectivity index (χ1n) is 4.78. The average molecular weight is 233 g/mol. The second-order valence-corrected chi connectivity index (χ2v) is 4.13. The molecule has 16 heavy (non-hydrogen) atoms. The monoisotopic (exact) mass is 233 g/mol. The van der Waals surface area contributed by atoms with E-state index in [1.165, 1.54) is 11.8 Å². The standard InChI is InChI=1S/C11H11N3OS/c1-7-4-3-5-8(6-7)9-12-10(15)14-11(13-9)16-2/h3-6H,1-2H3,(H,12,13,14,15). The van der Waals surface area contributed by atoms with Gasteiger partial charge < -0.3 is 0 Å². The largest absolute Gasteiger partial charge is 0.349 e. The molecule has 2 aromatic rings. The van der Waals surface area contributed by atoms with E-state index in [1.54, 1.807) is 0 Å². The van der Waals surface area contributed by atoms with Crippen LogP contribution in [-0.2, 0) is 0 Å². The summed E-state index contributed by atoms with van der Waals surface area (Å²) in [7, 11) is 0. The van der Waals surface area contributed by atoms with E-state index in [2.05, 4.69) is 15.0 Å². The van der Waals surface area contributed by atoms with Crippen LogP contribution in [0.5, 0.6) is 0 Å². The second kappa shape index (κ2) is 4.49. The predicted octanol–water partition coefficient (Wildman–Crippen LogP) is 1.86. The van der Waals surface area contributed by atoms with Crippen molar-refractivity contribution in [3.63, 3.8) is 0 Å². The first kappa shape index (κ1) is 10.9. The summed E-state index contributed by atoms with van der Waals surface area (Å²) in [5.41, 5.74) is 1.66. The third-order valence-corrected chi connectivity index (χ3v) is 2.65. The number of hydrogen-bond acceptors (Lipinski definition) is 4. The van der Waals surface area contributed by atoms with Crippen molar-refractivity contribution in [3.05, 3.63) is 40.3 Å². The molecule has 0 amide bonds. The number of rotatable bonds is 2. The molecule has 0 atom stereocenters. The number of nitrogens with one attached hydrogen (secondary N) is 1. The van der Waals surface area contributed by atoms with Crippen molar-refractivity contribution in [2.24, 2.45) is 0 Å². The fourth-order valence-corrected chi connectivity index (χ4v) is 1.74. The highest BCUT2D eigenvalue weighted by Crippen LogP contribution is 2.16. The van der Waals surface area contributed by atoms with Gasteiger partial charge in [-0.1, -0.05) is 35.5 Å². The summed E-state index contributed by atoms with van der Waals surface area (Å²) >= 11 is 1.35. The number of aryl methyl sites for hydroxylation is 1. The Hall–Kier alpha value is -1.62. The molecule has 0 saturated heterocycles. The quantitative estimate of drug-likeness (QED) is 0.804. The number of nitrogens with zero attached hydrogens (tertiary/aromatic N) is 2. The summed E-state index contributed by atoms with van der Waals surface area (Å²) in [6.07, 6.45) is 1.84. The molecule has 0 aliphatic rings. The molecule has 0 saturated carbocycles. The summed E-state index contributed by atoms with van der Waals surface area (Å²) in [5, 5.41) is 0.486. The Balaban J connectivity index is 2.55. The Morgan fingerprint density at radius 3 is 2.81 bits per heavy atom. The molecule has 0 fully saturated rings. The summed E-state index contributed by atoms with van der Waals surface area (Å²) in [5.74, 6) is 0.563. The van der Waals surface area contributed by atoms with Gasteiger partial charge in [-0.2, -0.15) is 4.98 Å². The molecule has 2 rings (SSSR count). The van der Waals surface area contributed by atoms with E-state index in [0.29, 0.717) is 11.0 Å². The Morgan fingerprint density at radius 1 is 1.31 bits per heavy atom. The van der Waals surface area contributed by atoms with Crippen LogP contribution in [0.1, 0.15) is 5.56 Å². The van der Waals surface area contributed by atoms with Crippen LogP contribution in [0.2, 0.25) is 0 Å². The van der Waals surface area contributed by atoms with E-state index in [1.807, 2.05) is 37.4 Å². The van der Waals surface area contributed by atoms with Gasteiger partial charge in [-0.15, -0.1) is 0 Å². The Bertz CT molecular complexity index is 565. The lowest BCUT2D eigenvalue weighted by Crippen LogP contribution is -2.13. The lowest BCUT2D eigenvalue weighted by molar-refractivity contribution is 0.872. The number of benzene rings is 1. The van der Waals surface area contributed by atoms with Crippen LogP contribution in [0.3, 0.4) is 0 Å². The van der Waals surface area contributed by atoms with Crippen LogP contribution in [-0.4, -0.2) is 21.2 Å². The number of aromatic amines is 1. The molecule has 1 N–H and O–H groups in total. The normalized spacial score (nSPS) is 10.4. The highest BCUT2D eigenvalue weighted by Gasteiger charge is 2.04. The highest BCUT2D eigenvalue weighted by atomic mass is 32.2. The van der Waals surface area contributed by atoms with Crippen LogP contribution in [0.4, 0.5) is 0 Å². The fraction of sp³-hybridized carbons (Fsp3) is 0.182. The van der Waals surface area contributed by atoms with Gasteiger partial charge in [0.2, 0.25) is 0 Å². The van der Waals surface area contributed by atoms with Crippen LogP contribution in [0.25, 0.3) is 11.4 Å². The van der Waals surface area contributed by atoms with Gasteiger partial charge in [0, 0.05) is 5.56 Å². The van der Waals surface area contributed by atoms with Gasteiger partial charge in [-0.3, -0.25) is 4.98 Å². The van der Waals surface area contributed by atoms with E-state index in [9.17, 15) is 4.79 Å². The second-order valence-electron chi connectivity index (χ2n) is 3.36. The molecule has 5 heteroatoms. The van der Waals surface area contributed by atoms with Gasteiger partial charge in [0.15, 0.2) is 5.16 Å². The van der Waals surface area contributed by atoms with Crippen molar-refractivity contribution in [3.8, 4) is 11.4 Å². The molecule has 0 spiro atoms. The summed E-state index contributed by atoms with van der Waals surface area (Å²) in [6.45, 7) is 2.00. The van der Waals surface area contributed by atoms with Crippen molar-refractivity contribution in [1.82, 2.24) is 15.0 Å². The molecule has 0 bridgehead atoms. The summed E-state index contributed by atoms with van der Waals surface area (Å²) < 4.78 is 0.